The van der Waals surface area contributed by atoms with Gasteiger partial charge in [0.15, 0.2) is 0 Å². The minimum Gasteiger partial charge on any atom is -0.464 e. The Hall–Kier alpha value is -1.49. The maximum absolute atomic E-state index is 12.8. The third-order valence-corrected chi connectivity index (χ3v) is 1.92. The highest BCUT2D eigenvalue weighted by Crippen LogP contribution is 2.22. The number of rotatable bonds is 4. The summed E-state index contributed by atoms with van der Waals surface area (Å²) in [6.45, 7) is 1.09. The van der Waals surface area contributed by atoms with Crippen LogP contribution in [0.2, 0.25) is 0 Å². The first-order valence-corrected chi connectivity index (χ1v) is 4.20. The Morgan fingerprint density at radius 1 is 1.40 bits per heavy atom. The summed E-state index contributed by atoms with van der Waals surface area (Å²) in [6.07, 6.45) is 0. The van der Waals surface area contributed by atoms with Crippen LogP contribution in [0, 0.1) is 11.6 Å². The lowest BCUT2D eigenvalue weighted by Gasteiger charge is -2.22. The number of ether oxygens (including phenoxy) is 1. The Kier molecular flexibility index (Phi) is 3.36. The van der Waals surface area contributed by atoms with E-state index in [2.05, 4.69) is 4.74 Å². The molecule has 0 aliphatic carbocycles. The van der Waals surface area contributed by atoms with Gasteiger partial charge < -0.3 is 9.84 Å². The molecule has 0 unspecified atom stereocenters. The van der Waals surface area contributed by atoms with Crippen LogP contribution in [0.15, 0.2) is 18.2 Å². The van der Waals surface area contributed by atoms with Gasteiger partial charge in [-0.3, -0.25) is 4.79 Å². The molecule has 0 amide bonds. The van der Waals surface area contributed by atoms with E-state index in [0.717, 1.165) is 12.1 Å². The molecule has 0 radical (unpaired) electrons. The Bertz CT molecular complexity index is 343. The molecule has 0 saturated carbocycles. The topological polar surface area (TPSA) is 46.5 Å². The molecule has 1 rings (SSSR count). The molecule has 5 heteroatoms. The molecule has 3 nitrogen and oxygen atoms in total. The highest BCUT2D eigenvalue weighted by molar-refractivity contribution is 5.37. The van der Waals surface area contributed by atoms with Crippen LogP contribution >= 0.6 is 0 Å². The second-order valence-corrected chi connectivity index (χ2v) is 3.34. The van der Waals surface area contributed by atoms with Crippen LogP contribution in [0.3, 0.4) is 0 Å². The number of benzene rings is 1. The quantitative estimate of drug-likeness (QED) is 0.772. The molecule has 0 fully saturated rings. The van der Waals surface area contributed by atoms with E-state index in [1.165, 1.54) is 6.92 Å². The van der Waals surface area contributed by atoms with Gasteiger partial charge in [-0.25, -0.2) is 8.78 Å². The molecule has 0 aliphatic heterocycles. The molecule has 82 valence electrons. The van der Waals surface area contributed by atoms with Crippen molar-refractivity contribution in [2.45, 2.75) is 12.5 Å². The SMILES string of the molecule is C[C@](O)(COC=O)c1cc(F)cc(F)c1. The molecule has 0 saturated heterocycles. The van der Waals surface area contributed by atoms with Gasteiger partial charge in [0.05, 0.1) is 0 Å². The van der Waals surface area contributed by atoms with Crippen LogP contribution in [0.25, 0.3) is 0 Å². The average molecular weight is 216 g/mol. The van der Waals surface area contributed by atoms with Crippen molar-refractivity contribution in [3.8, 4) is 0 Å². The first-order chi connectivity index (χ1) is 6.95. The number of halogens is 2. The van der Waals surface area contributed by atoms with Crippen molar-refractivity contribution >= 4 is 6.47 Å². The number of hydrogen-bond donors (Lipinski definition) is 1. The van der Waals surface area contributed by atoms with Gasteiger partial charge >= 0.3 is 0 Å². The summed E-state index contributed by atoms with van der Waals surface area (Å²) >= 11 is 0. The lowest BCUT2D eigenvalue weighted by Crippen LogP contribution is -2.27. The van der Waals surface area contributed by atoms with Gasteiger partial charge in [-0.15, -0.1) is 0 Å². The fraction of sp³-hybridized carbons (Fsp3) is 0.300. The summed E-state index contributed by atoms with van der Waals surface area (Å²) in [5.74, 6) is -1.59. The van der Waals surface area contributed by atoms with Crippen LogP contribution in [0.1, 0.15) is 12.5 Å². The van der Waals surface area contributed by atoms with Crippen LogP contribution in [-0.2, 0) is 15.1 Å². The van der Waals surface area contributed by atoms with Crippen molar-refractivity contribution in [3.05, 3.63) is 35.4 Å². The molecule has 1 atom stereocenters. The fourth-order valence-electron chi connectivity index (χ4n) is 1.14. The van der Waals surface area contributed by atoms with Crippen LogP contribution < -0.4 is 0 Å². The lowest BCUT2D eigenvalue weighted by atomic mass is 9.97. The van der Waals surface area contributed by atoms with Crippen molar-refractivity contribution < 1.29 is 23.4 Å². The Balaban J connectivity index is 2.97. The number of carbonyl (C=O) groups is 1. The van der Waals surface area contributed by atoms with Crippen molar-refractivity contribution in [1.29, 1.82) is 0 Å². The molecule has 1 aromatic rings. The van der Waals surface area contributed by atoms with Gasteiger partial charge in [-0.1, -0.05) is 0 Å². The molecular weight excluding hydrogens is 206 g/mol. The highest BCUT2D eigenvalue weighted by atomic mass is 19.1. The summed E-state index contributed by atoms with van der Waals surface area (Å²) in [4.78, 5) is 9.94. The molecule has 0 aromatic heterocycles. The van der Waals surface area contributed by atoms with E-state index in [4.69, 9.17) is 0 Å². The van der Waals surface area contributed by atoms with Crippen LogP contribution in [0.5, 0.6) is 0 Å². The second-order valence-electron chi connectivity index (χ2n) is 3.34. The largest absolute Gasteiger partial charge is 0.464 e. The zero-order valence-corrected chi connectivity index (χ0v) is 8.04. The molecule has 0 aliphatic rings. The minimum absolute atomic E-state index is 0.0156. The number of carbonyl (C=O) groups excluding carboxylic acids is 1. The molecular formula is C10H10F2O3. The average Bonchev–Trinajstić information content (AvgIpc) is 2.13. The van der Waals surface area contributed by atoms with Crippen LogP contribution in [-0.4, -0.2) is 18.2 Å². The summed E-state index contributed by atoms with van der Waals surface area (Å²) < 4.78 is 30.0. The molecule has 0 heterocycles. The van der Waals surface area contributed by atoms with Gasteiger partial charge in [0, 0.05) is 6.07 Å². The maximum atomic E-state index is 12.8. The van der Waals surface area contributed by atoms with Gasteiger partial charge in [0.2, 0.25) is 0 Å². The zero-order valence-electron chi connectivity index (χ0n) is 8.04. The smallest absolute Gasteiger partial charge is 0.293 e. The van der Waals surface area contributed by atoms with E-state index in [1.54, 1.807) is 0 Å². The molecule has 0 spiro atoms. The molecule has 1 N–H and O–H groups in total. The van der Waals surface area contributed by atoms with E-state index >= 15 is 0 Å². The van der Waals surface area contributed by atoms with E-state index in [0.29, 0.717) is 6.07 Å². The summed E-state index contributed by atoms with van der Waals surface area (Å²) in [5, 5.41) is 9.75. The van der Waals surface area contributed by atoms with Crippen molar-refractivity contribution in [1.82, 2.24) is 0 Å². The van der Waals surface area contributed by atoms with Crippen molar-refractivity contribution in [3.63, 3.8) is 0 Å². The van der Waals surface area contributed by atoms with Crippen LogP contribution in [0.4, 0.5) is 8.78 Å². The second kappa shape index (κ2) is 4.35. The van der Waals surface area contributed by atoms with E-state index in [1.807, 2.05) is 0 Å². The predicted octanol–water partition coefficient (Wildman–Crippen LogP) is 1.35. The zero-order chi connectivity index (χ0) is 11.5. The normalized spacial score (nSPS) is 14.4. The first kappa shape index (κ1) is 11.6. The highest BCUT2D eigenvalue weighted by Gasteiger charge is 2.25. The third-order valence-electron chi connectivity index (χ3n) is 1.92. The Morgan fingerprint density at radius 2 is 1.93 bits per heavy atom. The van der Waals surface area contributed by atoms with E-state index < -0.39 is 17.2 Å². The summed E-state index contributed by atoms with van der Waals surface area (Å²) in [5.41, 5.74) is -1.59. The van der Waals surface area contributed by atoms with Gasteiger partial charge in [-0.2, -0.15) is 0 Å². The standard InChI is InChI=1S/C10H10F2O3/c1-10(14,5-15-6-13)7-2-8(11)4-9(12)3-7/h2-4,6,14H,5H2,1H3/t10-/m0/s1. The Morgan fingerprint density at radius 3 is 2.40 bits per heavy atom. The molecule has 15 heavy (non-hydrogen) atoms. The van der Waals surface area contributed by atoms with Crippen molar-refractivity contribution in [2.24, 2.45) is 0 Å². The van der Waals surface area contributed by atoms with E-state index in [9.17, 15) is 18.7 Å². The Labute approximate surface area is 85.3 Å². The minimum atomic E-state index is -1.61. The number of aliphatic hydroxyl groups is 1. The summed E-state index contributed by atoms with van der Waals surface area (Å²) in [6, 6.07) is 2.66. The third kappa shape index (κ3) is 2.99. The van der Waals surface area contributed by atoms with Gasteiger partial charge in [0.1, 0.15) is 23.8 Å². The molecule has 1 aromatic carbocycles. The van der Waals surface area contributed by atoms with E-state index in [-0.39, 0.29) is 18.6 Å². The molecule has 0 bridgehead atoms. The number of hydrogen-bond acceptors (Lipinski definition) is 3. The lowest BCUT2D eigenvalue weighted by molar-refractivity contribution is -0.136. The fourth-order valence-corrected chi connectivity index (χ4v) is 1.14. The predicted molar refractivity (Wildman–Crippen MR) is 47.9 cm³/mol. The van der Waals surface area contributed by atoms with Gasteiger partial charge in [-0.05, 0) is 24.6 Å². The van der Waals surface area contributed by atoms with Gasteiger partial charge in [0.25, 0.3) is 6.47 Å². The summed E-state index contributed by atoms with van der Waals surface area (Å²) in [7, 11) is 0. The first-order valence-electron chi connectivity index (χ1n) is 4.20. The maximum Gasteiger partial charge on any atom is 0.293 e. The van der Waals surface area contributed by atoms with Crippen molar-refractivity contribution in [2.75, 3.05) is 6.61 Å². The monoisotopic (exact) mass is 216 g/mol.